The minimum atomic E-state index is -0.186. The van der Waals surface area contributed by atoms with Gasteiger partial charge in [0.25, 0.3) is 5.91 Å². The van der Waals surface area contributed by atoms with Crippen LogP contribution in [-0.4, -0.2) is 29.9 Å². The topological polar surface area (TPSA) is 33.2 Å². The van der Waals surface area contributed by atoms with E-state index in [1.807, 2.05) is 0 Å². The summed E-state index contributed by atoms with van der Waals surface area (Å²) < 4.78 is 0. The fourth-order valence-electron chi connectivity index (χ4n) is 0.818. The predicted octanol–water partition coefficient (Wildman–Crippen LogP) is 2.09. The molecule has 0 saturated heterocycles. The minimum Gasteiger partial charge on any atom is -0.345 e. The second kappa shape index (κ2) is 3.94. The first kappa shape index (κ1) is 10.3. The van der Waals surface area contributed by atoms with Gasteiger partial charge in [-0.1, -0.05) is 23.2 Å². The van der Waals surface area contributed by atoms with E-state index in [0.29, 0.717) is 10.6 Å². The summed E-state index contributed by atoms with van der Waals surface area (Å²) >= 11 is 11.4. The molecule has 0 bridgehead atoms. The van der Waals surface area contributed by atoms with Crippen molar-refractivity contribution in [1.29, 1.82) is 0 Å². The Kier molecular flexibility index (Phi) is 3.12. The van der Waals surface area contributed by atoms with Crippen molar-refractivity contribution in [2.45, 2.75) is 0 Å². The molecule has 0 aliphatic heterocycles. The number of rotatable bonds is 1. The van der Waals surface area contributed by atoms with E-state index in [9.17, 15) is 4.79 Å². The van der Waals surface area contributed by atoms with Gasteiger partial charge in [0.1, 0.15) is 5.15 Å². The lowest BCUT2D eigenvalue weighted by Crippen LogP contribution is -2.22. The fraction of sp³-hybridized carbons (Fsp3) is 0.250. The summed E-state index contributed by atoms with van der Waals surface area (Å²) in [6.45, 7) is 0. The zero-order chi connectivity index (χ0) is 10.0. The molecule has 0 unspecified atom stereocenters. The van der Waals surface area contributed by atoms with Crippen molar-refractivity contribution in [2.75, 3.05) is 14.1 Å². The number of hydrogen-bond donors (Lipinski definition) is 0. The average molecular weight is 219 g/mol. The number of carbonyl (C=O) groups excluding carboxylic acids is 1. The Balaban J connectivity index is 3.13. The lowest BCUT2D eigenvalue weighted by molar-refractivity contribution is 0.0827. The lowest BCUT2D eigenvalue weighted by Gasteiger charge is -2.10. The molecule has 1 heterocycles. The summed E-state index contributed by atoms with van der Waals surface area (Å²) in [6.07, 6.45) is 1.36. The van der Waals surface area contributed by atoms with Gasteiger partial charge < -0.3 is 4.90 Å². The number of amides is 1. The van der Waals surface area contributed by atoms with Crippen LogP contribution in [0, 0.1) is 0 Å². The molecule has 1 rings (SSSR count). The van der Waals surface area contributed by atoms with Crippen molar-refractivity contribution in [3.8, 4) is 0 Å². The largest absolute Gasteiger partial charge is 0.345 e. The van der Waals surface area contributed by atoms with Crippen LogP contribution in [0.15, 0.2) is 12.3 Å². The number of aromatic nitrogens is 1. The van der Waals surface area contributed by atoms with Crippen molar-refractivity contribution in [3.05, 3.63) is 28.0 Å². The Bertz CT molecular complexity index is 339. The Labute approximate surface area is 86.3 Å². The van der Waals surface area contributed by atoms with E-state index in [1.54, 1.807) is 14.1 Å². The van der Waals surface area contributed by atoms with Gasteiger partial charge in [0.05, 0.1) is 10.6 Å². The quantitative estimate of drug-likeness (QED) is 0.677. The first-order chi connectivity index (χ1) is 6.02. The van der Waals surface area contributed by atoms with Crippen molar-refractivity contribution in [3.63, 3.8) is 0 Å². The molecule has 1 aromatic heterocycles. The van der Waals surface area contributed by atoms with E-state index in [1.165, 1.54) is 17.2 Å². The van der Waals surface area contributed by atoms with Gasteiger partial charge in [-0.05, 0) is 6.07 Å². The van der Waals surface area contributed by atoms with Crippen LogP contribution < -0.4 is 0 Å². The van der Waals surface area contributed by atoms with Crippen LogP contribution in [0.2, 0.25) is 10.2 Å². The number of hydrogen-bond acceptors (Lipinski definition) is 2. The van der Waals surface area contributed by atoms with Crippen LogP contribution in [0.4, 0.5) is 0 Å². The number of halogens is 2. The van der Waals surface area contributed by atoms with E-state index in [-0.39, 0.29) is 11.1 Å². The summed E-state index contributed by atoms with van der Waals surface area (Å²) in [7, 11) is 3.29. The fourth-order valence-corrected chi connectivity index (χ4v) is 1.16. The summed E-state index contributed by atoms with van der Waals surface area (Å²) in [5.74, 6) is -0.186. The van der Waals surface area contributed by atoms with Crippen molar-refractivity contribution in [2.24, 2.45) is 0 Å². The van der Waals surface area contributed by atoms with Gasteiger partial charge in [-0.2, -0.15) is 0 Å². The van der Waals surface area contributed by atoms with Gasteiger partial charge >= 0.3 is 0 Å². The highest BCUT2D eigenvalue weighted by Crippen LogP contribution is 2.18. The molecule has 0 fully saturated rings. The number of pyridine rings is 1. The highest BCUT2D eigenvalue weighted by molar-refractivity contribution is 6.35. The predicted molar refractivity (Wildman–Crippen MR) is 52.3 cm³/mol. The van der Waals surface area contributed by atoms with E-state index >= 15 is 0 Å². The molecule has 0 aromatic carbocycles. The molecular formula is C8H8Cl2N2O. The Hall–Kier alpha value is -0.800. The smallest absolute Gasteiger partial charge is 0.255 e. The maximum absolute atomic E-state index is 11.5. The zero-order valence-corrected chi connectivity index (χ0v) is 8.73. The molecule has 0 radical (unpaired) electrons. The van der Waals surface area contributed by atoms with Crippen molar-refractivity contribution >= 4 is 29.1 Å². The summed E-state index contributed by atoms with van der Waals surface area (Å²) in [5, 5.41) is 0.567. The molecule has 5 heteroatoms. The van der Waals surface area contributed by atoms with Crippen LogP contribution in [0.25, 0.3) is 0 Å². The Morgan fingerprint density at radius 3 is 2.62 bits per heavy atom. The molecule has 0 spiro atoms. The van der Waals surface area contributed by atoms with Crippen molar-refractivity contribution in [1.82, 2.24) is 9.88 Å². The summed E-state index contributed by atoms with van der Waals surface area (Å²) in [4.78, 5) is 16.6. The highest BCUT2D eigenvalue weighted by atomic mass is 35.5. The van der Waals surface area contributed by atoms with Crippen molar-refractivity contribution < 1.29 is 4.79 Å². The van der Waals surface area contributed by atoms with E-state index in [4.69, 9.17) is 23.2 Å². The normalized spacial score (nSPS) is 9.85. The van der Waals surface area contributed by atoms with Gasteiger partial charge in [-0.15, -0.1) is 0 Å². The SMILES string of the molecule is CN(C)C(=O)c1cc(Cl)ncc1Cl. The first-order valence-electron chi connectivity index (χ1n) is 3.55. The Morgan fingerprint density at radius 1 is 1.46 bits per heavy atom. The van der Waals surface area contributed by atoms with Gasteiger partial charge in [0.2, 0.25) is 0 Å². The third-order valence-corrected chi connectivity index (χ3v) is 1.97. The Morgan fingerprint density at radius 2 is 2.08 bits per heavy atom. The van der Waals surface area contributed by atoms with Crippen LogP contribution in [0.5, 0.6) is 0 Å². The highest BCUT2D eigenvalue weighted by Gasteiger charge is 2.12. The molecule has 3 nitrogen and oxygen atoms in total. The molecule has 0 saturated carbocycles. The van der Waals surface area contributed by atoms with Gasteiger partial charge in [-0.3, -0.25) is 4.79 Å². The van der Waals surface area contributed by atoms with Gasteiger partial charge in [0, 0.05) is 20.3 Å². The third-order valence-electron chi connectivity index (χ3n) is 1.46. The molecule has 1 aromatic rings. The standard InChI is InChI=1S/C8H8Cl2N2O/c1-12(2)8(13)5-3-7(10)11-4-6(5)9/h3-4H,1-2H3. The van der Waals surface area contributed by atoms with Crippen LogP contribution in [0.3, 0.4) is 0 Å². The van der Waals surface area contributed by atoms with E-state index in [2.05, 4.69) is 4.98 Å². The molecular weight excluding hydrogens is 211 g/mol. The molecule has 1 amide bonds. The van der Waals surface area contributed by atoms with E-state index < -0.39 is 0 Å². The average Bonchev–Trinajstić information content (AvgIpc) is 2.08. The second-order valence-corrected chi connectivity index (χ2v) is 3.48. The molecule has 13 heavy (non-hydrogen) atoms. The molecule has 0 N–H and O–H groups in total. The first-order valence-corrected chi connectivity index (χ1v) is 4.30. The molecule has 0 atom stereocenters. The summed E-state index contributed by atoms with van der Waals surface area (Å²) in [6, 6.07) is 1.45. The maximum atomic E-state index is 11.5. The van der Waals surface area contributed by atoms with Crippen LogP contribution in [0.1, 0.15) is 10.4 Å². The summed E-state index contributed by atoms with van der Waals surface area (Å²) in [5.41, 5.74) is 0.367. The maximum Gasteiger partial charge on any atom is 0.255 e. The number of carbonyl (C=O) groups is 1. The minimum absolute atomic E-state index is 0.186. The molecule has 0 aliphatic rings. The zero-order valence-electron chi connectivity index (χ0n) is 7.21. The van der Waals surface area contributed by atoms with Crippen LogP contribution in [-0.2, 0) is 0 Å². The number of nitrogens with zero attached hydrogens (tertiary/aromatic N) is 2. The van der Waals surface area contributed by atoms with Crippen LogP contribution >= 0.6 is 23.2 Å². The third kappa shape index (κ3) is 2.32. The molecule has 0 aliphatic carbocycles. The lowest BCUT2D eigenvalue weighted by atomic mass is 10.2. The van der Waals surface area contributed by atoms with Gasteiger partial charge in [-0.25, -0.2) is 4.98 Å². The monoisotopic (exact) mass is 218 g/mol. The van der Waals surface area contributed by atoms with Gasteiger partial charge in [0.15, 0.2) is 0 Å². The van der Waals surface area contributed by atoms with E-state index in [0.717, 1.165) is 0 Å². The second-order valence-electron chi connectivity index (χ2n) is 2.69. The molecule has 70 valence electrons.